The van der Waals surface area contributed by atoms with Crippen LogP contribution in [0.3, 0.4) is 0 Å². The standard InChI is InChI=1S/C31H41FN4O4/c1-21(2)34-24-10-11-27(30(32)22(24)3)40-29-14-23-8-6-9-26(37-5)28(15-25(23)33-20-35(29)4)39-13-7-12-36-16-31(17-36)18-38-19-31/h6,8,10-11,15,20,23,29,34H,1,7,9,12-14,16-19H2,2-5H3/b8-6?,25-15+,28-26-. The Hall–Kier alpha value is -3.30. The van der Waals surface area contributed by atoms with Gasteiger partial charge in [0.15, 0.2) is 23.6 Å². The number of hydrogen-bond donors (Lipinski definition) is 1. The number of allylic oxidation sites excluding steroid dienone is 4. The zero-order chi connectivity index (χ0) is 28.3. The lowest BCUT2D eigenvalue weighted by Crippen LogP contribution is -2.65. The summed E-state index contributed by atoms with van der Waals surface area (Å²) in [7, 11) is 3.56. The van der Waals surface area contributed by atoms with E-state index < -0.39 is 6.23 Å². The number of benzene rings is 1. The van der Waals surface area contributed by atoms with Crippen LogP contribution in [0.5, 0.6) is 5.75 Å². The molecule has 1 N–H and O–H groups in total. The molecule has 1 spiro atoms. The topological polar surface area (TPSA) is 67.8 Å². The van der Waals surface area contributed by atoms with Crippen molar-refractivity contribution >= 4 is 12.0 Å². The highest BCUT2D eigenvalue weighted by molar-refractivity contribution is 5.59. The van der Waals surface area contributed by atoms with E-state index in [0.29, 0.717) is 41.9 Å². The van der Waals surface area contributed by atoms with Gasteiger partial charge in [-0.05, 0) is 32.4 Å². The molecule has 1 aromatic rings. The molecule has 5 rings (SSSR count). The number of aliphatic imine (C=N–C) groups is 1. The molecule has 0 bridgehead atoms. The van der Waals surface area contributed by atoms with E-state index in [1.807, 2.05) is 31.0 Å². The zero-order valence-corrected chi connectivity index (χ0v) is 24.0. The Bertz CT molecular complexity index is 1230. The maximum absolute atomic E-state index is 15.2. The van der Waals surface area contributed by atoms with Crippen LogP contribution < -0.4 is 10.1 Å². The molecule has 9 heteroatoms. The smallest absolute Gasteiger partial charge is 0.173 e. The summed E-state index contributed by atoms with van der Waals surface area (Å²) in [5, 5.41) is 3.09. The second kappa shape index (κ2) is 12.1. The Morgan fingerprint density at radius 2 is 2.10 bits per heavy atom. The minimum atomic E-state index is -0.409. The second-order valence-corrected chi connectivity index (χ2v) is 11.4. The van der Waals surface area contributed by atoms with Gasteiger partial charge >= 0.3 is 0 Å². The van der Waals surface area contributed by atoms with Gasteiger partial charge in [0.05, 0.1) is 39.0 Å². The number of nitrogens with one attached hydrogen (secondary N) is 1. The van der Waals surface area contributed by atoms with Gasteiger partial charge in [0.1, 0.15) is 5.76 Å². The first kappa shape index (κ1) is 28.2. The average molecular weight is 553 g/mol. The number of anilines is 1. The molecule has 1 aliphatic carbocycles. The molecule has 1 aromatic carbocycles. The maximum atomic E-state index is 15.2. The van der Waals surface area contributed by atoms with Crippen molar-refractivity contribution in [2.24, 2.45) is 16.3 Å². The van der Waals surface area contributed by atoms with Crippen LogP contribution in [0.25, 0.3) is 0 Å². The van der Waals surface area contributed by atoms with Crippen LogP contribution in [-0.4, -0.2) is 76.0 Å². The summed E-state index contributed by atoms with van der Waals surface area (Å²) in [4.78, 5) is 9.11. The number of rotatable bonds is 10. The number of nitrogens with zero attached hydrogens (tertiary/aromatic N) is 3. The second-order valence-electron chi connectivity index (χ2n) is 11.4. The van der Waals surface area contributed by atoms with Crippen LogP contribution >= 0.6 is 0 Å². The Morgan fingerprint density at radius 3 is 2.80 bits per heavy atom. The predicted octanol–water partition coefficient (Wildman–Crippen LogP) is 5.21. The summed E-state index contributed by atoms with van der Waals surface area (Å²) < 4.78 is 38.8. The number of fused-ring (bicyclic) bond motifs is 1. The zero-order valence-electron chi connectivity index (χ0n) is 24.0. The van der Waals surface area contributed by atoms with Crippen LogP contribution in [0.2, 0.25) is 0 Å². The lowest BCUT2D eigenvalue weighted by molar-refractivity contribution is -0.189. The molecule has 8 nitrogen and oxygen atoms in total. The first-order chi connectivity index (χ1) is 19.3. The molecule has 216 valence electrons. The SMILES string of the molecule is C=C(C)Nc1ccc(OC2CC3C=CC/C(OC)=C(OCCCN4CC5(COC5)C4)\C=C/3N=CN2C)c(F)c1C. The molecule has 3 heterocycles. The first-order valence-electron chi connectivity index (χ1n) is 14.0. The molecule has 0 radical (unpaired) electrons. The Labute approximate surface area is 236 Å². The minimum absolute atomic E-state index is 0.0290. The van der Waals surface area contributed by atoms with Crippen molar-refractivity contribution < 1.29 is 23.3 Å². The lowest BCUT2D eigenvalue weighted by atomic mass is 9.78. The largest absolute Gasteiger partial charge is 0.497 e. The first-order valence-corrected chi connectivity index (χ1v) is 14.0. The Balaban J connectivity index is 1.24. The van der Waals surface area contributed by atoms with Crippen LogP contribution in [0.15, 0.2) is 64.8 Å². The predicted molar refractivity (Wildman–Crippen MR) is 154 cm³/mol. The van der Waals surface area contributed by atoms with Gasteiger partial charge in [0.25, 0.3) is 0 Å². The molecular formula is C31H41FN4O4. The number of methoxy groups -OCH3 is 1. The summed E-state index contributed by atoms with van der Waals surface area (Å²) >= 11 is 0. The summed E-state index contributed by atoms with van der Waals surface area (Å²) in [5.74, 6) is 1.28. The van der Waals surface area contributed by atoms with E-state index in [1.165, 1.54) is 0 Å². The minimum Gasteiger partial charge on any atom is -0.497 e. The van der Waals surface area contributed by atoms with Gasteiger partial charge in [-0.2, -0.15) is 0 Å². The molecular weight excluding hydrogens is 511 g/mol. The summed E-state index contributed by atoms with van der Waals surface area (Å²) in [6, 6.07) is 3.48. The molecule has 0 saturated carbocycles. The summed E-state index contributed by atoms with van der Waals surface area (Å²) in [6.07, 6.45) is 9.67. The maximum Gasteiger partial charge on any atom is 0.173 e. The van der Waals surface area contributed by atoms with Gasteiger partial charge in [-0.3, -0.25) is 0 Å². The van der Waals surface area contributed by atoms with Crippen molar-refractivity contribution in [2.75, 3.05) is 58.9 Å². The van der Waals surface area contributed by atoms with Crippen molar-refractivity contribution in [2.45, 2.75) is 39.3 Å². The molecule has 3 aliphatic heterocycles. The van der Waals surface area contributed by atoms with Gasteiger partial charge in [0.2, 0.25) is 0 Å². The van der Waals surface area contributed by atoms with Crippen molar-refractivity contribution in [3.05, 3.63) is 71.2 Å². The Morgan fingerprint density at radius 1 is 1.30 bits per heavy atom. The molecule has 2 saturated heterocycles. The normalized spacial score (nSPS) is 26.8. The highest BCUT2D eigenvalue weighted by atomic mass is 19.1. The van der Waals surface area contributed by atoms with Crippen LogP contribution in [0.1, 0.15) is 31.7 Å². The fourth-order valence-corrected chi connectivity index (χ4v) is 5.61. The van der Waals surface area contributed by atoms with Crippen molar-refractivity contribution in [1.29, 1.82) is 0 Å². The highest BCUT2D eigenvalue weighted by Crippen LogP contribution is 2.37. The van der Waals surface area contributed by atoms with E-state index in [4.69, 9.17) is 23.9 Å². The molecule has 0 amide bonds. The molecule has 4 aliphatic rings. The van der Waals surface area contributed by atoms with E-state index in [0.717, 1.165) is 56.4 Å². The van der Waals surface area contributed by atoms with Gasteiger partial charge in [-0.1, -0.05) is 18.7 Å². The third-order valence-corrected chi connectivity index (χ3v) is 7.92. The molecule has 2 unspecified atom stereocenters. The van der Waals surface area contributed by atoms with E-state index in [1.54, 1.807) is 26.4 Å². The van der Waals surface area contributed by atoms with E-state index in [9.17, 15) is 0 Å². The quantitative estimate of drug-likeness (QED) is 0.316. The van der Waals surface area contributed by atoms with Crippen LogP contribution in [0, 0.1) is 24.1 Å². The van der Waals surface area contributed by atoms with Gasteiger partial charge in [-0.15, -0.1) is 0 Å². The highest BCUT2D eigenvalue weighted by Gasteiger charge is 2.48. The molecule has 0 aromatic heterocycles. The molecule has 2 fully saturated rings. The van der Waals surface area contributed by atoms with Gasteiger partial charge in [0, 0.05) is 73.9 Å². The monoisotopic (exact) mass is 552 g/mol. The third kappa shape index (κ3) is 6.20. The number of ether oxygens (including phenoxy) is 4. The van der Waals surface area contributed by atoms with E-state index in [2.05, 4.69) is 28.9 Å². The summed E-state index contributed by atoms with van der Waals surface area (Å²) in [6.45, 7) is 13.1. The number of hydrogen-bond acceptors (Lipinski definition) is 8. The fourth-order valence-electron chi connectivity index (χ4n) is 5.61. The average Bonchev–Trinajstić information content (AvgIpc) is 3.00. The molecule has 2 atom stereocenters. The summed E-state index contributed by atoms with van der Waals surface area (Å²) in [5.41, 5.74) is 3.19. The number of halogens is 1. The third-order valence-electron chi connectivity index (χ3n) is 7.92. The van der Waals surface area contributed by atoms with Crippen molar-refractivity contribution in [1.82, 2.24) is 9.80 Å². The fraction of sp³-hybridized carbons (Fsp3) is 0.516. The van der Waals surface area contributed by atoms with Gasteiger partial charge < -0.3 is 34.1 Å². The van der Waals surface area contributed by atoms with Crippen molar-refractivity contribution in [3.8, 4) is 5.75 Å². The van der Waals surface area contributed by atoms with Crippen molar-refractivity contribution in [3.63, 3.8) is 0 Å². The van der Waals surface area contributed by atoms with E-state index in [-0.39, 0.29) is 17.5 Å². The van der Waals surface area contributed by atoms with Crippen LogP contribution in [0.4, 0.5) is 10.1 Å². The van der Waals surface area contributed by atoms with Gasteiger partial charge in [-0.25, -0.2) is 9.38 Å². The number of likely N-dealkylation sites (tertiary alicyclic amines) is 1. The van der Waals surface area contributed by atoms with Crippen LogP contribution in [-0.2, 0) is 14.2 Å². The van der Waals surface area contributed by atoms with E-state index >= 15 is 4.39 Å². The lowest BCUT2D eigenvalue weighted by Gasteiger charge is -2.55. The molecule has 40 heavy (non-hydrogen) atoms. The Kier molecular flexibility index (Phi) is 8.51.